The number of aromatic nitrogens is 7. The number of hydrogen-bond donors (Lipinski definition) is 2. The summed E-state index contributed by atoms with van der Waals surface area (Å²) in [6.45, 7) is 12.1. The molecule has 0 saturated heterocycles. The zero-order valence-corrected chi connectivity index (χ0v) is 23.1. The number of benzene rings is 1. The van der Waals surface area contributed by atoms with Gasteiger partial charge in [-0.25, -0.2) is 14.1 Å². The van der Waals surface area contributed by atoms with E-state index in [9.17, 15) is 4.39 Å². The number of nitrogens with one attached hydrogen (secondary N) is 2. The van der Waals surface area contributed by atoms with Crippen LogP contribution < -0.4 is 10.6 Å². The van der Waals surface area contributed by atoms with Gasteiger partial charge >= 0.3 is 0 Å². The molecule has 1 saturated carbocycles. The number of tetrazole rings is 1. The summed E-state index contributed by atoms with van der Waals surface area (Å²) in [5.74, 6) is 0.437. The Balaban J connectivity index is 1.50. The minimum absolute atomic E-state index is 0.00925. The van der Waals surface area contributed by atoms with Gasteiger partial charge in [-0.3, -0.25) is 0 Å². The second-order valence-corrected chi connectivity index (χ2v) is 10.4. The zero-order chi connectivity index (χ0) is 27.7. The van der Waals surface area contributed by atoms with Crippen molar-refractivity contribution >= 4 is 40.3 Å². The van der Waals surface area contributed by atoms with Crippen molar-refractivity contribution in [2.24, 2.45) is 0 Å². The Morgan fingerprint density at radius 2 is 1.97 bits per heavy atom. The molecule has 1 aromatic carbocycles. The van der Waals surface area contributed by atoms with Crippen LogP contribution in [0.4, 0.5) is 10.1 Å². The molecule has 0 amide bonds. The SMILES string of the molecule is C=C(NC1CCC1)c1cc(Cl)cc(C)c1NC(=C)c1cc(Cn2nnc(C(C)F)n2)nn1-c1ncccc1Cl. The molecule has 0 aliphatic heterocycles. The molecular weight excluding hydrogens is 540 g/mol. The molecular formula is C27H28Cl2FN9. The summed E-state index contributed by atoms with van der Waals surface area (Å²) in [5.41, 5.74) is 5.13. The van der Waals surface area contributed by atoms with Crippen LogP contribution in [0.3, 0.4) is 0 Å². The number of alkyl halides is 1. The summed E-state index contributed by atoms with van der Waals surface area (Å²) in [6.07, 6.45) is 3.75. The first kappa shape index (κ1) is 26.8. The van der Waals surface area contributed by atoms with Gasteiger partial charge < -0.3 is 10.6 Å². The number of halogens is 3. The molecule has 1 aliphatic rings. The van der Waals surface area contributed by atoms with Crippen molar-refractivity contribution in [3.63, 3.8) is 0 Å². The van der Waals surface area contributed by atoms with Crippen LogP contribution in [-0.4, -0.2) is 41.0 Å². The van der Waals surface area contributed by atoms with E-state index in [4.69, 9.17) is 28.3 Å². The maximum absolute atomic E-state index is 13.6. The molecule has 3 aromatic heterocycles. The quantitative estimate of drug-likeness (QED) is 0.237. The Labute approximate surface area is 235 Å². The summed E-state index contributed by atoms with van der Waals surface area (Å²) in [4.78, 5) is 5.72. The highest BCUT2D eigenvalue weighted by Gasteiger charge is 2.22. The highest BCUT2D eigenvalue weighted by Crippen LogP contribution is 2.34. The lowest BCUT2D eigenvalue weighted by Gasteiger charge is -2.29. The predicted octanol–water partition coefficient (Wildman–Crippen LogP) is 6.14. The van der Waals surface area contributed by atoms with Crippen molar-refractivity contribution < 1.29 is 4.39 Å². The van der Waals surface area contributed by atoms with E-state index in [1.54, 1.807) is 23.0 Å². The predicted molar refractivity (Wildman–Crippen MR) is 151 cm³/mol. The maximum Gasteiger partial charge on any atom is 0.208 e. The van der Waals surface area contributed by atoms with E-state index in [-0.39, 0.29) is 12.4 Å². The van der Waals surface area contributed by atoms with Crippen LogP contribution in [0.15, 0.2) is 49.7 Å². The normalized spacial score (nSPS) is 14.1. The number of aryl methyl sites for hydroxylation is 1. The fourth-order valence-electron chi connectivity index (χ4n) is 4.28. The van der Waals surface area contributed by atoms with Crippen molar-refractivity contribution in [3.05, 3.63) is 88.1 Å². The van der Waals surface area contributed by atoms with Crippen molar-refractivity contribution in [1.29, 1.82) is 0 Å². The highest BCUT2D eigenvalue weighted by atomic mass is 35.5. The van der Waals surface area contributed by atoms with Gasteiger partial charge in [0.05, 0.1) is 27.8 Å². The molecule has 1 fully saturated rings. The fourth-order valence-corrected chi connectivity index (χ4v) is 4.76. The van der Waals surface area contributed by atoms with Gasteiger partial charge in [0, 0.05) is 28.5 Å². The summed E-state index contributed by atoms with van der Waals surface area (Å²) >= 11 is 12.9. The largest absolute Gasteiger partial charge is 0.382 e. The highest BCUT2D eigenvalue weighted by molar-refractivity contribution is 6.32. The average molecular weight is 568 g/mol. The van der Waals surface area contributed by atoms with Crippen LogP contribution >= 0.6 is 23.2 Å². The molecule has 4 aromatic rings. The van der Waals surface area contributed by atoms with Crippen LogP contribution in [0.1, 0.15) is 60.7 Å². The van der Waals surface area contributed by atoms with Crippen molar-refractivity contribution in [2.45, 2.75) is 51.9 Å². The third kappa shape index (κ3) is 5.81. The lowest BCUT2D eigenvalue weighted by atomic mass is 9.92. The Kier molecular flexibility index (Phi) is 7.67. The van der Waals surface area contributed by atoms with Crippen LogP contribution in [0.5, 0.6) is 0 Å². The molecule has 0 bridgehead atoms. The maximum atomic E-state index is 13.6. The van der Waals surface area contributed by atoms with Crippen molar-refractivity contribution in [3.8, 4) is 5.82 Å². The van der Waals surface area contributed by atoms with Gasteiger partial charge in [-0.15, -0.1) is 10.2 Å². The standard InChI is InChI=1S/C27H28Cl2FN9/c1-15-11-19(28)12-22(17(3)32-20-7-5-8-20)25(15)33-18(4)24-13-21(14-38-36-26(16(2)30)34-37-38)35-39(24)27-23(29)9-6-10-31-27/h6,9-13,16,20,32-33H,3-5,7-8,14H2,1-2H3. The van der Waals surface area contributed by atoms with Gasteiger partial charge in [-0.2, -0.15) is 9.90 Å². The van der Waals surface area contributed by atoms with Crippen LogP contribution in [-0.2, 0) is 6.54 Å². The molecule has 39 heavy (non-hydrogen) atoms. The minimum atomic E-state index is -1.33. The number of pyridine rings is 1. The Hall–Kier alpha value is -3.76. The summed E-state index contributed by atoms with van der Waals surface area (Å²) in [6, 6.07) is 9.48. The van der Waals surface area contributed by atoms with Gasteiger partial charge in [0.1, 0.15) is 6.54 Å². The number of rotatable bonds is 10. The monoisotopic (exact) mass is 567 g/mol. The van der Waals surface area contributed by atoms with E-state index >= 15 is 0 Å². The average Bonchev–Trinajstić information content (AvgIpc) is 3.51. The molecule has 0 spiro atoms. The van der Waals surface area contributed by atoms with Gasteiger partial charge in [0.25, 0.3) is 0 Å². The molecule has 1 aliphatic carbocycles. The first-order chi connectivity index (χ1) is 18.7. The zero-order valence-electron chi connectivity index (χ0n) is 21.6. The summed E-state index contributed by atoms with van der Waals surface area (Å²) < 4.78 is 15.2. The fraction of sp³-hybridized carbons (Fsp3) is 0.296. The van der Waals surface area contributed by atoms with E-state index in [2.05, 4.69) is 44.2 Å². The van der Waals surface area contributed by atoms with Gasteiger partial charge in [-0.1, -0.05) is 36.4 Å². The first-order valence-electron chi connectivity index (χ1n) is 12.5. The second-order valence-electron chi connectivity index (χ2n) is 9.54. The smallest absolute Gasteiger partial charge is 0.208 e. The molecule has 12 heteroatoms. The van der Waals surface area contributed by atoms with Crippen molar-refractivity contribution in [2.75, 3.05) is 5.32 Å². The van der Waals surface area contributed by atoms with E-state index in [0.29, 0.717) is 39.0 Å². The molecule has 1 atom stereocenters. The minimum Gasteiger partial charge on any atom is -0.382 e. The molecule has 1 unspecified atom stereocenters. The lowest BCUT2D eigenvalue weighted by Crippen LogP contribution is -2.33. The van der Waals surface area contributed by atoms with Crippen LogP contribution in [0.25, 0.3) is 17.2 Å². The van der Waals surface area contributed by atoms with E-state index in [0.717, 1.165) is 35.4 Å². The molecule has 2 N–H and O–H groups in total. The first-order valence-corrected chi connectivity index (χ1v) is 13.3. The molecule has 9 nitrogen and oxygen atoms in total. The lowest BCUT2D eigenvalue weighted by molar-refractivity contribution is 0.355. The van der Waals surface area contributed by atoms with E-state index < -0.39 is 6.17 Å². The third-order valence-corrected chi connectivity index (χ3v) is 7.03. The molecule has 202 valence electrons. The molecule has 5 rings (SSSR count). The number of anilines is 1. The second kappa shape index (κ2) is 11.2. The number of nitrogens with zero attached hydrogens (tertiary/aromatic N) is 7. The molecule has 0 radical (unpaired) electrons. The van der Waals surface area contributed by atoms with Crippen molar-refractivity contribution in [1.82, 2.24) is 40.3 Å². The Morgan fingerprint density at radius 1 is 1.18 bits per heavy atom. The number of hydrogen-bond acceptors (Lipinski definition) is 7. The van der Waals surface area contributed by atoms with Gasteiger partial charge in [0.2, 0.25) is 5.82 Å². The third-order valence-electron chi connectivity index (χ3n) is 6.52. The van der Waals surface area contributed by atoms with Gasteiger partial charge in [-0.05, 0) is 74.2 Å². The summed E-state index contributed by atoms with van der Waals surface area (Å²) in [5, 5.41) is 24.5. The molecule has 3 heterocycles. The van der Waals surface area contributed by atoms with Crippen LogP contribution in [0, 0.1) is 6.92 Å². The van der Waals surface area contributed by atoms with Gasteiger partial charge in [0.15, 0.2) is 12.0 Å². The van der Waals surface area contributed by atoms with E-state index in [1.165, 1.54) is 18.1 Å². The Bertz CT molecular complexity index is 1540. The van der Waals surface area contributed by atoms with Crippen LogP contribution in [0.2, 0.25) is 10.0 Å². The Morgan fingerprint density at radius 3 is 2.64 bits per heavy atom. The van der Waals surface area contributed by atoms with E-state index in [1.807, 2.05) is 25.1 Å². The topological polar surface area (TPSA) is 98.4 Å². The summed E-state index contributed by atoms with van der Waals surface area (Å²) in [7, 11) is 0.